The Morgan fingerprint density at radius 2 is 2.12 bits per heavy atom. The SMILES string of the molecule is Cc1ccc2c(c1)CCCC2C1CCCN1. The highest BCUT2D eigenvalue weighted by Gasteiger charge is 2.29. The average Bonchev–Trinajstić information content (AvgIpc) is 2.81. The molecule has 1 N–H and O–H groups in total. The number of benzene rings is 1. The maximum Gasteiger partial charge on any atom is 0.0136 e. The molecule has 86 valence electrons. The molecule has 2 unspecified atom stereocenters. The molecule has 3 rings (SSSR count). The summed E-state index contributed by atoms with van der Waals surface area (Å²) in [6, 6.07) is 7.82. The van der Waals surface area contributed by atoms with Crippen molar-refractivity contribution in [3.05, 3.63) is 34.9 Å². The molecule has 0 aromatic heterocycles. The predicted molar refractivity (Wildman–Crippen MR) is 67.9 cm³/mol. The van der Waals surface area contributed by atoms with E-state index >= 15 is 0 Å². The molecule has 1 aliphatic carbocycles. The van der Waals surface area contributed by atoms with Gasteiger partial charge in [-0.25, -0.2) is 0 Å². The Bertz CT molecular complexity index is 377. The van der Waals surface area contributed by atoms with Crippen LogP contribution in [0, 0.1) is 6.92 Å². The second-order valence-corrected chi connectivity index (χ2v) is 5.40. The molecule has 1 heterocycles. The van der Waals surface area contributed by atoms with Crippen LogP contribution in [0.15, 0.2) is 18.2 Å². The molecule has 1 saturated heterocycles. The Morgan fingerprint density at radius 3 is 2.94 bits per heavy atom. The van der Waals surface area contributed by atoms with Gasteiger partial charge in [0.2, 0.25) is 0 Å². The summed E-state index contributed by atoms with van der Waals surface area (Å²) in [6.45, 7) is 3.43. The fraction of sp³-hybridized carbons (Fsp3) is 0.600. The topological polar surface area (TPSA) is 12.0 Å². The molecular formula is C15H21N. The van der Waals surface area contributed by atoms with Crippen LogP contribution >= 0.6 is 0 Å². The lowest BCUT2D eigenvalue weighted by atomic mass is 9.78. The average molecular weight is 215 g/mol. The van der Waals surface area contributed by atoms with Crippen LogP contribution < -0.4 is 5.32 Å². The summed E-state index contributed by atoms with van der Waals surface area (Å²) in [4.78, 5) is 0. The van der Waals surface area contributed by atoms with E-state index in [1.807, 2.05) is 0 Å². The first-order valence-electron chi connectivity index (χ1n) is 6.67. The van der Waals surface area contributed by atoms with Crippen LogP contribution in [0.2, 0.25) is 0 Å². The normalized spacial score (nSPS) is 29.1. The third kappa shape index (κ3) is 1.78. The second kappa shape index (κ2) is 4.21. The smallest absolute Gasteiger partial charge is 0.0136 e. The molecule has 1 heteroatoms. The summed E-state index contributed by atoms with van der Waals surface area (Å²) in [5.74, 6) is 0.784. The zero-order valence-electron chi connectivity index (χ0n) is 10.1. The van der Waals surface area contributed by atoms with Crippen molar-refractivity contribution in [2.75, 3.05) is 6.54 Å². The highest BCUT2D eigenvalue weighted by molar-refractivity contribution is 5.37. The molecule has 2 atom stereocenters. The van der Waals surface area contributed by atoms with Gasteiger partial charge in [0.15, 0.2) is 0 Å². The van der Waals surface area contributed by atoms with E-state index in [1.165, 1.54) is 44.2 Å². The standard InChI is InChI=1S/C15H21N/c1-11-7-8-13-12(10-11)4-2-5-14(13)15-6-3-9-16-15/h7-8,10,14-16H,2-6,9H2,1H3. The minimum atomic E-state index is 0.752. The first-order chi connectivity index (χ1) is 7.84. The van der Waals surface area contributed by atoms with Crippen molar-refractivity contribution >= 4 is 0 Å². The van der Waals surface area contributed by atoms with Crippen molar-refractivity contribution in [1.29, 1.82) is 0 Å². The van der Waals surface area contributed by atoms with Crippen molar-refractivity contribution in [2.24, 2.45) is 0 Å². The van der Waals surface area contributed by atoms with Crippen LogP contribution in [-0.2, 0) is 6.42 Å². The lowest BCUT2D eigenvalue weighted by Gasteiger charge is -2.30. The van der Waals surface area contributed by atoms with Crippen LogP contribution in [-0.4, -0.2) is 12.6 Å². The van der Waals surface area contributed by atoms with E-state index in [1.54, 1.807) is 11.1 Å². The van der Waals surface area contributed by atoms with Crippen LogP contribution in [0.4, 0.5) is 0 Å². The summed E-state index contributed by atoms with van der Waals surface area (Å²) in [5, 5.41) is 3.68. The van der Waals surface area contributed by atoms with Gasteiger partial charge < -0.3 is 5.32 Å². The Kier molecular flexibility index (Phi) is 2.72. The molecule has 0 bridgehead atoms. The van der Waals surface area contributed by atoms with Gasteiger partial charge in [0, 0.05) is 6.04 Å². The molecule has 0 radical (unpaired) electrons. The molecule has 1 fully saturated rings. The van der Waals surface area contributed by atoms with Crippen molar-refractivity contribution in [3.8, 4) is 0 Å². The molecular weight excluding hydrogens is 194 g/mol. The number of aryl methyl sites for hydroxylation is 2. The highest BCUT2D eigenvalue weighted by Crippen LogP contribution is 2.36. The van der Waals surface area contributed by atoms with Crippen LogP contribution in [0.1, 0.15) is 48.3 Å². The van der Waals surface area contributed by atoms with Gasteiger partial charge in [0.05, 0.1) is 0 Å². The van der Waals surface area contributed by atoms with Crippen molar-refractivity contribution in [2.45, 2.75) is 51.0 Å². The minimum Gasteiger partial charge on any atom is -0.313 e. The molecule has 1 nitrogen and oxygen atoms in total. The lowest BCUT2D eigenvalue weighted by molar-refractivity contribution is 0.432. The zero-order chi connectivity index (χ0) is 11.0. The first-order valence-corrected chi connectivity index (χ1v) is 6.67. The Morgan fingerprint density at radius 1 is 1.19 bits per heavy atom. The number of hydrogen-bond acceptors (Lipinski definition) is 1. The van der Waals surface area contributed by atoms with E-state index in [-0.39, 0.29) is 0 Å². The maximum absolute atomic E-state index is 3.68. The fourth-order valence-corrected chi connectivity index (χ4v) is 3.45. The number of hydrogen-bond donors (Lipinski definition) is 1. The lowest BCUT2D eigenvalue weighted by Crippen LogP contribution is -2.31. The molecule has 2 aliphatic rings. The van der Waals surface area contributed by atoms with Gasteiger partial charge in [-0.2, -0.15) is 0 Å². The van der Waals surface area contributed by atoms with Gasteiger partial charge >= 0.3 is 0 Å². The minimum absolute atomic E-state index is 0.752. The van der Waals surface area contributed by atoms with Gasteiger partial charge in [-0.05, 0) is 62.6 Å². The van der Waals surface area contributed by atoms with Gasteiger partial charge in [-0.3, -0.25) is 0 Å². The van der Waals surface area contributed by atoms with Crippen molar-refractivity contribution < 1.29 is 0 Å². The predicted octanol–water partition coefficient (Wildman–Crippen LogP) is 3.17. The van der Waals surface area contributed by atoms with E-state index in [0.29, 0.717) is 0 Å². The van der Waals surface area contributed by atoms with Crippen LogP contribution in [0.25, 0.3) is 0 Å². The molecule has 1 aromatic rings. The number of fused-ring (bicyclic) bond motifs is 1. The molecule has 0 amide bonds. The fourth-order valence-electron chi connectivity index (χ4n) is 3.45. The first kappa shape index (κ1) is 10.3. The summed E-state index contributed by atoms with van der Waals surface area (Å²) >= 11 is 0. The zero-order valence-corrected chi connectivity index (χ0v) is 10.1. The van der Waals surface area contributed by atoms with E-state index in [9.17, 15) is 0 Å². The molecule has 0 saturated carbocycles. The largest absolute Gasteiger partial charge is 0.313 e. The van der Waals surface area contributed by atoms with E-state index in [0.717, 1.165) is 12.0 Å². The van der Waals surface area contributed by atoms with Crippen molar-refractivity contribution in [1.82, 2.24) is 5.32 Å². The second-order valence-electron chi connectivity index (χ2n) is 5.40. The van der Waals surface area contributed by atoms with Crippen LogP contribution in [0.3, 0.4) is 0 Å². The van der Waals surface area contributed by atoms with E-state index in [4.69, 9.17) is 0 Å². The van der Waals surface area contributed by atoms with Gasteiger partial charge in [-0.1, -0.05) is 23.8 Å². The van der Waals surface area contributed by atoms with E-state index in [2.05, 4.69) is 30.4 Å². The maximum atomic E-state index is 3.68. The molecule has 16 heavy (non-hydrogen) atoms. The van der Waals surface area contributed by atoms with Crippen molar-refractivity contribution in [3.63, 3.8) is 0 Å². The number of rotatable bonds is 1. The van der Waals surface area contributed by atoms with Crippen LogP contribution in [0.5, 0.6) is 0 Å². The van der Waals surface area contributed by atoms with Gasteiger partial charge in [0.1, 0.15) is 0 Å². The third-order valence-electron chi connectivity index (χ3n) is 4.24. The molecule has 0 spiro atoms. The highest BCUT2D eigenvalue weighted by atomic mass is 14.9. The number of nitrogens with one attached hydrogen (secondary N) is 1. The van der Waals surface area contributed by atoms with Gasteiger partial charge in [0.25, 0.3) is 0 Å². The Balaban J connectivity index is 1.93. The quantitative estimate of drug-likeness (QED) is 0.758. The van der Waals surface area contributed by atoms with E-state index < -0.39 is 0 Å². The summed E-state index contributed by atoms with van der Waals surface area (Å²) < 4.78 is 0. The summed E-state index contributed by atoms with van der Waals surface area (Å²) in [6.07, 6.45) is 6.79. The van der Waals surface area contributed by atoms with Gasteiger partial charge in [-0.15, -0.1) is 0 Å². The Labute approximate surface area is 98.3 Å². The monoisotopic (exact) mass is 215 g/mol. The summed E-state index contributed by atoms with van der Waals surface area (Å²) in [5.41, 5.74) is 4.67. The summed E-state index contributed by atoms with van der Waals surface area (Å²) in [7, 11) is 0. The molecule has 1 aliphatic heterocycles. The third-order valence-corrected chi connectivity index (χ3v) is 4.24. The molecule has 1 aromatic carbocycles. The Hall–Kier alpha value is -0.820.